The lowest BCUT2D eigenvalue weighted by Gasteiger charge is -2.35. The Kier molecular flexibility index (Phi) is 3.08. The van der Waals surface area contributed by atoms with Gasteiger partial charge in [0.05, 0.1) is 6.61 Å². The van der Waals surface area contributed by atoms with Crippen molar-refractivity contribution < 1.29 is 9.13 Å². The molecule has 1 aromatic rings. The number of nitrogens with one attached hydrogen (secondary N) is 1. The molecule has 0 saturated carbocycles. The summed E-state index contributed by atoms with van der Waals surface area (Å²) in [5.74, 6) is 0.941. The Balaban J connectivity index is 1.63. The van der Waals surface area contributed by atoms with Crippen LogP contribution >= 0.6 is 15.9 Å². The molecule has 108 valence electrons. The highest BCUT2D eigenvalue weighted by Gasteiger charge is 2.44. The van der Waals surface area contributed by atoms with Crippen LogP contribution in [0, 0.1) is 0 Å². The normalized spacial score (nSPS) is 34.9. The first-order chi connectivity index (χ1) is 9.61. The van der Waals surface area contributed by atoms with Crippen molar-refractivity contribution in [3.8, 4) is 5.75 Å². The molecule has 2 saturated heterocycles. The molecule has 0 aliphatic carbocycles. The van der Waals surface area contributed by atoms with Crippen LogP contribution in [0.5, 0.6) is 5.75 Å². The fourth-order valence-electron chi connectivity index (χ4n) is 4.15. The lowest BCUT2D eigenvalue weighted by molar-refractivity contribution is 0.0886. The standard InChI is InChI=1S/C16H19BrFNO/c17-12-5-10-3-4-20-15(10)11(6-12)7-16(18)8-13-1-2-14(9-16)19-13/h5-6,13-14,19H,1-4,7-9H2. The molecule has 1 N–H and O–H groups in total. The Bertz CT molecular complexity index is 536. The summed E-state index contributed by atoms with van der Waals surface area (Å²) in [5, 5.41) is 3.51. The molecule has 3 aliphatic heterocycles. The number of ether oxygens (including phenoxy) is 1. The minimum absolute atomic E-state index is 0.375. The van der Waals surface area contributed by atoms with E-state index in [1.165, 1.54) is 5.56 Å². The average Bonchev–Trinajstić information content (AvgIpc) is 2.95. The molecule has 2 nitrogen and oxygen atoms in total. The zero-order valence-corrected chi connectivity index (χ0v) is 13.0. The van der Waals surface area contributed by atoms with Gasteiger partial charge >= 0.3 is 0 Å². The van der Waals surface area contributed by atoms with Gasteiger partial charge in [-0.1, -0.05) is 15.9 Å². The summed E-state index contributed by atoms with van der Waals surface area (Å²) < 4.78 is 22.1. The fourth-order valence-corrected chi connectivity index (χ4v) is 4.71. The third kappa shape index (κ3) is 2.27. The van der Waals surface area contributed by atoms with Crippen LogP contribution in [0.1, 0.15) is 36.8 Å². The van der Waals surface area contributed by atoms with Gasteiger partial charge in [-0.15, -0.1) is 0 Å². The Morgan fingerprint density at radius 1 is 1.30 bits per heavy atom. The van der Waals surface area contributed by atoms with Crippen LogP contribution in [-0.2, 0) is 12.8 Å². The SMILES string of the molecule is FC1(Cc2cc(Br)cc3c2OCC3)CC2CCC(C1)N2. The molecule has 2 unspecified atom stereocenters. The maximum Gasteiger partial charge on any atom is 0.126 e. The smallest absolute Gasteiger partial charge is 0.126 e. The van der Waals surface area contributed by atoms with Gasteiger partial charge in [-0.25, -0.2) is 4.39 Å². The molecule has 20 heavy (non-hydrogen) atoms. The Hall–Kier alpha value is -0.610. The van der Waals surface area contributed by atoms with Gasteiger partial charge in [0, 0.05) is 29.4 Å². The van der Waals surface area contributed by atoms with E-state index in [1.54, 1.807) is 0 Å². The molecule has 0 spiro atoms. The summed E-state index contributed by atoms with van der Waals surface area (Å²) in [6, 6.07) is 4.89. The molecule has 2 atom stereocenters. The number of halogens is 2. The molecule has 1 aromatic carbocycles. The Morgan fingerprint density at radius 2 is 2.05 bits per heavy atom. The van der Waals surface area contributed by atoms with Crippen LogP contribution in [0.2, 0.25) is 0 Å². The van der Waals surface area contributed by atoms with Crippen molar-refractivity contribution in [1.29, 1.82) is 0 Å². The largest absolute Gasteiger partial charge is 0.493 e. The minimum atomic E-state index is -1.07. The summed E-state index contributed by atoms with van der Waals surface area (Å²) in [6.07, 6.45) is 4.97. The molecule has 3 heterocycles. The Morgan fingerprint density at radius 3 is 2.80 bits per heavy atom. The highest BCUT2D eigenvalue weighted by Crippen LogP contribution is 2.42. The van der Waals surface area contributed by atoms with Crippen LogP contribution in [0.25, 0.3) is 0 Å². The van der Waals surface area contributed by atoms with Crippen molar-refractivity contribution in [3.05, 3.63) is 27.7 Å². The molecule has 0 amide bonds. The van der Waals surface area contributed by atoms with Crippen molar-refractivity contribution in [3.63, 3.8) is 0 Å². The summed E-state index contributed by atoms with van der Waals surface area (Å²) >= 11 is 3.54. The second-order valence-corrected chi connectivity index (χ2v) is 7.44. The molecule has 3 aliphatic rings. The first kappa shape index (κ1) is 13.1. The lowest BCUT2D eigenvalue weighted by atomic mass is 9.83. The number of hydrogen-bond acceptors (Lipinski definition) is 2. The molecule has 0 radical (unpaired) electrons. The highest BCUT2D eigenvalue weighted by atomic mass is 79.9. The maximum atomic E-state index is 15.3. The van der Waals surface area contributed by atoms with Crippen molar-refractivity contribution in [2.45, 2.75) is 56.3 Å². The van der Waals surface area contributed by atoms with E-state index in [-0.39, 0.29) is 0 Å². The van der Waals surface area contributed by atoms with Crippen LogP contribution in [0.15, 0.2) is 16.6 Å². The van der Waals surface area contributed by atoms with E-state index in [1.807, 2.05) is 6.07 Å². The van der Waals surface area contributed by atoms with Crippen LogP contribution in [-0.4, -0.2) is 24.4 Å². The van der Waals surface area contributed by atoms with E-state index in [0.717, 1.165) is 41.7 Å². The number of hydrogen-bond donors (Lipinski definition) is 1. The zero-order chi connectivity index (χ0) is 13.7. The van der Waals surface area contributed by atoms with Gasteiger partial charge in [-0.05, 0) is 48.9 Å². The lowest BCUT2D eigenvalue weighted by Crippen LogP contribution is -2.47. The molecule has 0 aromatic heterocycles. The van der Waals surface area contributed by atoms with E-state index in [9.17, 15) is 0 Å². The van der Waals surface area contributed by atoms with Crippen molar-refractivity contribution in [2.75, 3.05) is 6.61 Å². The topological polar surface area (TPSA) is 21.3 Å². The van der Waals surface area contributed by atoms with E-state index in [0.29, 0.717) is 31.3 Å². The van der Waals surface area contributed by atoms with Crippen LogP contribution < -0.4 is 10.1 Å². The minimum Gasteiger partial charge on any atom is -0.493 e. The van der Waals surface area contributed by atoms with Crippen LogP contribution in [0.3, 0.4) is 0 Å². The summed E-state index contributed by atoms with van der Waals surface area (Å²) in [6.45, 7) is 0.727. The predicted molar refractivity (Wildman–Crippen MR) is 80.1 cm³/mol. The number of piperidine rings is 1. The van der Waals surface area contributed by atoms with Gasteiger partial charge in [0.25, 0.3) is 0 Å². The van der Waals surface area contributed by atoms with Gasteiger partial charge < -0.3 is 10.1 Å². The van der Waals surface area contributed by atoms with Gasteiger partial charge in [-0.2, -0.15) is 0 Å². The number of alkyl halides is 1. The summed E-state index contributed by atoms with van der Waals surface area (Å²) in [4.78, 5) is 0. The van der Waals surface area contributed by atoms with Crippen LogP contribution in [0.4, 0.5) is 4.39 Å². The van der Waals surface area contributed by atoms with E-state index < -0.39 is 5.67 Å². The van der Waals surface area contributed by atoms with Gasteiger partial charge in [0.2, 0.25) is 0 Å². The summed E-state index contributed by atoms with van der Waals surface area (Å²) in [5.41, 5.74) is 1.18. The van der Waals surface area contributed by atoms with Crippen molar-refractivity contribution in [1.82, 2.24) is 5.32 Å². The molecule has 4 rings (SSSR count). The second-order valence-electron chi connectivity index (χ2n) is 6.53. The van der Waals surface area contributed by atoms with E-state index in [4.69, 9.17) is 4.74 Å². The first-order valence-corrected chi connectivity index (χ1v) is 8.30. The summed E-state index contributed by atoms with van der Waals surface area (Å²) in [7, 11) is 0. The maximum absolute atomic E-state index is 15.3. The molecular weight excluding hydrogens is 321 g/mol. The number of fused-ring (bicyclic) bond motifs is 3. The number of rotatable bonds is 2. The van der Waals surface area contributed by atoms with Crippen molar-refractivity contribution >= 4 is 15.9 Å². The quantitative estimate of drug-likeness (QED) is 0.889. The number of benzene rings is 1. The predicted octanol–water partition coefficient (Wildman–Crippen LogP) is 3.55. The third-order valence-corrected chi connectivity index (χ3v) is 5.35. The average molecular weight is 340 g/mol. The van der Waals surface area contributed by atoms with Gasteiger partial charge in [0.1, 0.15) is 11.4 Å². The highest BCUT2D eigenvalue weighted by molar-refractivity contribution is 9.10. The van der Waals surface area contributed by atoms with Gasteiger partial charge in [0.15, 0.2) is 0 Å². The Labute approximate surface area is 127 Å². The molecule has 2 bridgehead atoms. The first-order valence-electron chi connectivity index (χ1n) is 7.50. The molecule has 2 fully saturated rings. The zero-order valence-electron chi connectivity index (χ0n) is 11.4. The fraction of sp³-hybridized carbons (Fsp3) is 0.625. The second kappa shape index (κ2) is 4.70. The third-order valence-electron chi connectivity index (χ3n) is 4.89. The van der Waals surface area contributed by atoms with E-state index >= 15 is 4.39 Å². The van der Waals surface area contributed by atoms with Crippen molar-refractivity contribution in [2.24, 2.45) is 0 Å². The molecule has 4 heteroatoms. The molecular formula is C16H19BrFNO. The van der Waals surface area contributed by atoms with E-state index in [2.05, 4.69) is 27.3 Å². The van der Waals surface area contributed by atoms with Gasteiger partial charge in [-0.3, -0.25) is 0 Å². The monoisotopic (exact) mass is 339 g/mol.